The molecule has 1 aliphatic carbocycles. The zero-order chi connectivity index (χ0) is 10.3. The molecule has 0 heterocycles. The van der Waals surface area contributed by atoms with Gasteiger partial charge < -0.3 is 9.84 Å². The lowest BCUT2D eigenvalue weighted by atomic mass is 9.68. The average Bonchev–Trinajstić information content (AvgIpc) is 2.29. The van der Waals surface area contributed by atoms with Crippen molar-refractivity contribution < 1.29 is 14.6 Å². The predicted molar refractivity (Wildman–Crippen MR) is 49.1 cm³/mol. The molecule has 0 radical (unpaired) electrons. The molecule has 0 amide bonds. The molecule has 0 aliphatic heterocycles. The van der Waals surface area contributed by atoms with Gasteiger partial charge in [-0.05, 0) is 19.8 Å². The minimum absolute atomic E-state index is 0.214. The number of methoxy groups -OCH3 is 1. The smallest absolute Gasteiger partial charge is 0.312 e. The van der Waals surface area contributed by atoms with Crippen LogP contribution in [0.5, 0.6) is 0 Å². The van der Waals surface area contributed by atoms with Crippen LogP contribution in [-0.2, 0) is 9.53 Å². The number of rotatable bonds is 1. The van der Waals surface area contributed by atoms with Crippen LogP contribution in [0, 0.1) is 10.8 Å². The highest BCUT2D eigenvalue weighted by atomic mass is 16.5. The monoisotopic (exact) mass is 186 g/mol. The number of aliphatic hydroxyl groups is 1. The zero-order valence-electron chi connectivity index (χ0n) is 8.76. The third-order valence-corrected chi connectivity index (χ3v) is 3.81. The summed E-state index contributed by atoms with van der Waals surface area (Å²) in [6, 6.07) is 0. The highest BCUT2D eigenvalue weighted by Crippen LogP contribution is 2.52. The molecule has 0 aromatic rings. The Morgan fingerprint density at radius 2 is 2.00 bits per heavy atom. The quantitative estimate of drug-likeness (QED) is 0.629. The molecule has 1 rings (SSSR count). The van der Waals surface area contributed by atoms with Gasteiger partial charge in [-0.3, -0.25) is 4.79 Å². The molecule has 1 N–H and O–H groups in total. The van der Waals surface area contributed by atoms with Crippen LogP contribution in [0.1, 0.15) is 33.6 Å². The highest BCUT2D eigenvalue weighted by molar-refractivity contribution is 5.78. The molecule has 0 aromatic carbocycles. The highest BCUT2D eigenvalue weighted by Gasteiger charge is 2.56. The summed E-state index contributed by atoms with van der Waals surface area (Å²) in [5.74, 6) is -0.214. The van der Waals surface area contributed by atoms with E-state index in [0.717, 1.165) is 0 Å². The summed E-state index contributed by atoms with van der Waals surface area (Å²) in [4.78, 5) is 11.6. The summed E-state index contributed by atoms with van der Waals surface area (Å²) >= 11 is 0. The lowest BCUT2D eigenvalue weighted by molar-refractivity contribution is -0.159. The van der Waals surface area contributed by atoms with Crippen LogP contribution in [0.15, 0.2) is 0 Å². The summed E-state index contributed by atoms with van der Waals surface area (Å²) in [5, 5.41) is 9.73. The molecule has 3 nitrogen and oxygen atoms in total. The van der Waals surface area contributed by atoms with Gasteiger partial charge in [-0.2, -0.15) is 0 Å². The third-order valence-electron chi connectivity index (χ3n) is 3.81. The molecule has 1 fully saturated rings. The lowest BCUT2D eigenvalue weighted by Crippen LogP contribution is -2.43. The van der Waals surface area contributed by atoms with Gasteiger partial charge in [0.2, 0.25) is 0 Å². The van der Waals surface area contributed by atoms with Crippen LogP contribution in [0.25, 0.3) is 0 Å². The normalized spacial score (nSPS) is 37.5. The molecular weight excluding hydrogens is 168 g/mol. The summed E-state index contributed by atoms with van der Waals surface area (Å²) in [5.41, 5.74) is -0.929. The number of esters is 1. The Morgan fingerprint density at radius 1 is 1.46 bits per heavy atom. The van der Waals surface area contributed by atoms with Gasteiger partial charge in [0.15, 0.2) is 0 Å². The molecule has 0 spiro atoms. The van der Waals surface area contributed by atoms with E-state index in [9.17, 15) is 9.90 Å². The maximum Gasteiger partial charge on any atom is 0.312 e. The van der Waals surface area contributed by atoms with Crippen LogP contribution in [-0.4, -0.2) is 24.3 Å². The molecular formula is C10H18O3. The van der Waals surface area contributed by atoms with Crippen molar-refractivity contribution in [1.29, 1.82) is 0 Å². The van der Waals surface area contributed by atoms with Crippen LogP contribution >= 0.6 is 0 Å². The first-order valence-electron chi connectivity index (χ1n) is 4.63. The van der Waals surface area contributed by atoms with Crippen molar-refractivity contribution in [2.75, 3.05) is 7.11 Å². The fourth-order valence-corrected chi connectivity index (χ4v) is 2.07. The fraction of sp³-hybridized carbons (Fsp3) is 0.900. The van der Waals surface area contributed by atoms with Crippen molar-refractivity contribution >= 4 is 5.97 Å². The van der Waals surface area contributed by atoms with Gasteiger partial charge >= 0.3 is 5.97 Å². The second-order valence-electron chi connectivity index (χ2n) is 4.60. The van der Waals surface area contributed by atoms with E-state index in [1.165, 1.54) is 7.11 Å². The average molecular weight is 186 g/mol. The minimum Gasteiger partial charge on any atom is -0.469 e. The van der Waals surface area contributed by atoms with Gasteiger partial charge in [0, 0.05) is 5.41 Å². The Labute approximate surface area is 79.1 Å². The first kappa shape index (κ1) is 10.5. The number of carbonyl (C=O) groups excluding carboxylic acids is 1. The maximum atomic E-state index is 11.6. The number of aliphatic hydroxyl groups excluding tert-OH is 1. The number of hydrogen-bond donors (Lipinski definition) is 1. The Bertz CT molecular complexity index is 222. The van der Waals surface area contributed by atoms with Crippen LogP contribution < -0.4 is 0 Å². The molecule has 3 heteroatoms. The topological polar surface area (TPSA) is 46.5 Å². The van der Waals surface area contributed by atoms with E-state index >= 15 is 0 Å². The fourth-order valence-electron chi connectivity index (χ4n) is 2.07. The molecule has 0 aromatic heterocycles. The van der Waals surface area contributed by atoms with Gasteiger partial charge in [-0.15, -0.1) is 0 Å². The molecule has 1 aliphatic rings. The van der Waals surface area contributed by atoms with Crippen LogP contribution in [0.2, 0.25) is 0 Å². The van der Waals surface area contributed by atoms with E-state index in [4.69, 9.17) is 4.74 Å². The molecule has 2 atom stereocenters. The van der Waals surface area contributed by atoms with Crippen molar-refractivity contribution in [2.24, 2.45) is 10.8 Å². The third kappa shape index (κ3) is 1.26. The lowest BCUT2D eigenvalue weighted by Gasteiger charge is -2.37. The Hall–Kier alpha value is -0.570. The van der Waals surface area contributed by atoms with Crippen molar-refractivity contribution in [3.05, 3.63) is 0 Å². The Kier molecular flexibility index (Phi) is 2.41. The van der Waals surface area contributed by atoms with E-state index < -0.39 is 11.5 Å². The van der Waals surface area contributed by atoms with Crippen molar-refractivity contribution in [3.63, 3.8) is 0 Å². The summed E-state index contributed by atoms with van der Waals surface area (Å²) in [6.07, 6.45) is 0.975. The molecule has 0 saturated heterocycles. The van der Waals surface area contributed by atoms with E-state index in [1.807, 2.05) is 20.8 Å². The number of carbonyl (C=O) groups is 1. The maximum absolute atomic E-state index is 11.6. The molecule has 76 valence electrons. The predicted octanol–water partition coefficient (Wildman–Crippen LogP) is 1.35. The first-order valence-corrected chi connectivity index (χ1v) is 4.63. The van der Waals surface area contributed by atoms with E-state index in [0.29, 0.717) is 12.8 Å². The van der Waals surface area contributed by atoms with Crippen LogP contribution in [0.4, 0.5) is 0 Å². The minimum atomic E-state index is -0.541. The van der Waals surface area contributed by atoms with E-state index in [-0.39, 0.29) is 11.4 Å². The number of ether oxygens (including phenoxy) is 1. The van der Waals surface area contributed by atoms with Gasteiger partial charge in [0.1, 0.15) is 0 Å². The summed E-state index contributed by atoms with van der Waals surface area (Å²) in [6.45, 7) is 5.71. The van der Waals surface area contributed by atoms with E-state index in [2.05, 4.69) is 0 Å². The van der Waals surface area contributed by atoms with Gasteiger partial charge in [-0.25, -0.2) is 0 Å². The van der Waals surface area contributed by atoms with Crippen molar-refractivity contribution in [3.8, 4) is 0 Å². The SMILES string of the molecule is COC(=O)[C@@]1(C)CC[C@@H](O)C1(C)C. The second kappa shape index (κ2) is 2.98. The summed E-state index contributed by atoms with van der Waals surface area (Å²) in [7, 11) is 1.40. The number of hydrogen-bond acceptors (Lipinski definition) is 3. The molecule has 0 bridgehead atoms. The van der Waals surface area contributed by atoms with Gasteiger partial charge in [0.05, 0.1) is 18.6 Å². The Balaban J connectivity index is 2.98. The van der Waals surface area contributed by atoms with E-state index in [1.54, 1.807) is 0 Å². The molecule has 1 saturated carbocycles. The zero-order valence-corrected chi connectivity index (χ0v) is 8.76. The van der Waals surface area contributed by atoms with Gasteiger partial charge in [-0.1, -0.05) is 13.8 Å². The largest absolute Gasteiger partial charge is 0.469 e. The van der Waals surface area contributed by atoms with Crippen molar-refractivity contribution in [1.82, 2.24) is 0 Å². The standard InChI is InChI=1S/C10H18O3/c1-9(2)7(11)5-6-10(9,3)8(12)13-4/h7,11H,5-6H2,1-4H3/t7-,10-/m1/s1. The Morgan fingerprint density at radius 3 is 2.31 bits per heavy atom. The molecule has 0 unspecified atom stereocenters. The summed E-state index contributed by atoms with van der Waals surface area (Å²) < 4.78 is 4.77. The second-order valence-corrected chi connectivity index (χ2v) is 4.60. The van der Waals surface area contributed by atoms with Crippen molar-refractivity contribution in [2.45, 2.75) is 39.7 Å². The van der Waals surface area contributed by atoms with Gasteiger partial charge in [0.25, 0.3) is 0 Å². The first-order chi connectivity index (χ1) is 5.86. The molecule has 13 heavy (non-hydrogen) atoms. The van der Waals surface area contributed by atoms with Crippen LogP contribution in [0.3, 0.4) is 0 Å².